The summed E-state index contributed by atoms with van der Waals surface area (Å²) >= 11 is 0. The van der Waals surface area contributed by atoms with Gasteiger partial charge in [0.2, 0.25) is 5.88 Å². The molecule has 1 unspecified atom stereocenters. The molecule has 42 heavy (non-hydrogen) atoms. The smallest absolute Gasteiger partial charge is 0.481 e. The van der Waals surface area contributed by atoms with E-state index in [0.29, 0.717) is 31.2 Å². The number of ether oxygens (including phenoxy) is 4. The summed E-state index contributed by atoms with van der Waals surface area (Å²) < 4.78 is 91.1. The second kappa shape index (κ2) is 8.99. The van der Waals surface area contributed by atoms with E-state index in [-0.39, 0.29) is 46.7 Å². The molecule has 5 aliphatic rings. The number of benzene rings is 1. The van der Waals surface area contributed by atoms with Gasteiger partial charge >= 0.3 is 18.4 Å². The maximum atomic E-state index is 14.1. The van der Waals surface area contributed by atoms with E-state index in [9.17, 15) is 31.9 Å². The summed E-state index contributed by atoms with van der Waals surface area (Å²) in [5.41, 5.74) is -1.25. The van der Waals surface area contributed by atoms with Gasteiger partial charge in [-0.05, 0) is 62.6 Å². The van der Waals surface area contributed by atoms with E-state index in [4.69, 9.17) is 9.47 Å². The first-order chi connectivity index (χ1) is 19.8. The topological polar surface area (TPSA) is 118 Å². The first kappa shape index (κ1) is 26.9. The lowest BCUT2D eigenvalue weighted by Crippen LogP contribution is -2.70. The molecule has 2 aromatic heterocycles. The molecule has 0 spiro atoms. The van der Waals surface area contributed by atoms with Crippen LogP contribution in [0.1, 0.15) is 67.3 Å². The zero-order valence-electron chi connectivity index (χ0n) is 21.9. The Hall–Kier alpha value is -4.01. The molecule has 0 saturated heterocycles. The predicted molar refractivity (Wildman–Crippen MR) is 129 cm³/mol. The van der Waals surface area contributed by atoms with Crippen LogP contribution >= 0.6 is 0 Å². The van der Waals surface area contributed by atoms with Gasteiger partial charge in [-0.3, -0.25) is 4.79 Å². The van der Waals surface area contributed by atoms with E-state index in [2.05, 4.69) is 24.8 Å². The Labute approximate surface area is 234 Å². The van der Waals surface area contributed by atoms with Gasteiger partial charge in [-0.1, -0.05) is 6.07 Å². The van der Waals surface area contributed by atoms with Crippen molar-refractivity contribution >= 4 is 5.97 Å². The minimum absolute atomic E-state index is 0.000863. The minimum Gasteiger partial charge on any atom is -0.481 e. The number of alkyl halides is 5. The van der Waals surface area contributed by atoms with Crippen molar-refractivity contribution in [1.29, 1.82) is 0 Å². The number of fused-ring (bicyclic) bond motifs is 2. The van der Waals surface area contributed by atoms with E-state index in [0.717, 1.165) is 4.68 Å². The summed E-state index contributed by atoms with van der Waals surface area (Å²) in [5.74, 6) is -1.25. The summed E-state index contributed by atoms with van der Waals surface area (Å²) in [4.78, 5) is 11.9. The third-order valence-corrected chi connectivity index (χ3v) is 8.51. The first-order valence-corrected chi connectivity index (χ1v) is 13.3. The summed E-state index contributed by atoms with van der Waals surface area (Å²) in [6, 6.07) is 5.50. The molecular formula is C27H23F5N4O6. The van der Waals surface area contributed by atoms with Gasteiger partial charge in [0, 0.05) is 11.6 Å². The molecule has 3 heterocycles. The monoisotopic (exact) mass is 594 g/mol. The Morgan fingerprint density at radius 2 is 1.95 bits per heavy atom. The van der Waals surface area contributed by atoms with Crippen molar-refractivity contribution in [3.8, 4) is 23.1 Å². The molecule has 8 rings (SSSR count). The number of hydrogen-bond acceptors (Lipinski definition) is 8. The molecule has 4 aliphatic carbocycles. The standard InChI is InChI=1S/C27H23F5N4O6/c1-12(13-5-6-17-19(7-13)42-27(31,32)41-17)39-20-8-15(11-33-34-20)36-21-16(22(35-36)26(28,29)30)3-2-4-18(21)40-23-14-9-25(23,10-14)24(37)38/h5-8,11-12,14,18,23H,2-4,9-10H2,1H3,(H,37,38)/t12-,14?,18-,23?,25?/m0/s1. The molecule has 15 heteroatoms. The number of halogens is 5. The molecule has 3 atom stereocenters. The largest absolute Gasteiger partial charge is 0.586 e. The zero-order chi connectivity index (χ0) is 29.6. The molecule has 1 aromatic carbocycles. The molecule has 3 saturated carbocycles. The van der Waals surface area contributed by atoms with Gasteiger partial charge in [0.15, 0.2) is 17.2 Å². The lowest BCUT2D eigenvalue weighted by Gasteiger charge is -2.65. The predicted octanol–water partition coefficient (Wildman–Crippen LogP) is 5.40. The number of carbonyl (C=O) groups is 1. The van der Waals surface area contributed by atoms with Gasteiger partial charge in [-0.2, -0.15) is 23.4 Å². The Morgan fingerprint density at radius 1 is 1.19 bits per heavy atom. The fraction of sp³-hybridized carbons (Fsp3) is 0.481. The number of nitrogens with zero attached hydrogens (tertiary/aromatic N) is 4. The van der Waals surface area contributed by atoms with Crippen LogP contribution in [0.4, 0.5) is 22.0 Å². The van der Waals surface area contributed by atoms with E-state index in [1.165, 1.54) is 30.5 Å². The number of carboxylic acid groups (broad SMARTS) is 1. The van der Waals surface area contributed by atoms with E-state index < -0.39 is 47.9 Å². The van der Waals surface area contributed by atoms with Crippen LogP contribution in [0.2, 0.25) is 0 Å². The zero-order valence-corrected chi connectivity index (χ0v) is 21.9. The van der Waals surface area contributed by atoms with Crippen LogP contribution in [0, 0.1) is 11.3 Å². The molecule has 1 aliphatic heterocycles. The number of hydrogen-bond donors (Lipinski definition) is 1. The summed E-state index contributed by atoms with van der Waals surface area (Å²) in [5, 5.41) is 21.4. The normalized spacial score (nSPS) is 27.4. The lowest BCUT2D eigenvalue weighted by atomic mass is 9.42. The SMILES string of the molecule is C[C@H](Oc1cc(-n2nc(C(F)(F)F)c3c2[C@@H](OC2C4CC2(C(=O)O)C4)CCC3)cnn1)c1ccc2c(c1)OC(F)(F)O2. The first-order valence-electron chi connectivity index (χ1n) is 13.3. The maximum Gasteiger partial charge on any atom is 0.586 e. The van der Waals surface area contributed by atoms with Crippen molar-refractivity contribution in [3.63, 3.8) is 0 Å². The Bertz CT molecular complexity index is 1590. The van der Waals surface area contributed by atoms with Crippen LogP contribution in [-0.4, -0.2) is 43.5 Å². The van der Waals surface area contributed by atoms with Crippen LogP contribution in [-0.2, 0) is 22.1 Å². The van der Waals surface area contributed by atoms with E-state index in [1.54, 1.807) is 6.92 Å². The highest BCUT2D eigenvalue weighted by atomic mass is 19.4. The average Bonchev–Trinajstić information content (AvgIpc) is 3.42. The highest BCUT2D eigenvalue weighted by Crippen LogP contribution is 2.67. The number of carboxylic acids is 1. The molecule has 0 radical (unpaired) electrons. The average molecular weight is 594 g/mol. The Morgan fingerprint density at radius 3 is 2.64 bits per heavy atom. The highest BCUT2D eigenvalue weighted by molar-refractivity contribution is 5.79. The van der Waals surface area contributed by atoms with Gasteiger partial charge in [-0.15, -0.1) is 13.9 Å². The number of aromatic nitrogens is 4. The molecular weight excluding hydrogens is 571 g/mol. The molecule has 10 nitrogen and oxygen atoms in total. The molecule has 222 valence electrons. The highest BCUT2D eigenvalue weighted by Gasteiger charge is 2.71. The Kier molecular flexibility index (Phi) is 5.75. The van der Waals surface area contributed by atoms with Crippen molar-refractivity contribution in [1.82, 2.24) is 20.0 Å². The van der Waals surface area contributed by atoms with Crippen LogP contribution < -0.4 is 14.2 Å². The number of aliphatic carboxylic acids is 1. The van der Waals surface area contributed by atoms with Gasteiger partial charge in [0.25, 0.3) is 0 Å². The maximum absolute atomic E-state index is 14.1. The molecule has 3 aromatic rings. The van der Waals surface area contributed by atoms with Crippen molar-refractivity contribution in [2.75, 3.05) is 0 Å². The molecule has 0 amide bonds. The lowest BCUT2D eigenvalue weighted by molar-refractivity contribution is -0.286. The van der Waals surface area contributed by atoms with Gasteiger partial charge in [0.1, 0.15) is 12.2 Å². The summed E-state index contributed by atoms with van der Waals surface area (Å²) in [6.07, 6.45) is -7.44. The summed E-state index contributed by atoms with van der Waals surface area (Å²) in [6.45, 7) is 1.62. The van der Waals surface area contributed by atoms with Crippen molar-refractivity contribution in [2.45, 2.75) is 69.8 Å². The van der Waals surface area contributed by atoms with Crippen LogP contribution in [0.3, 0.4) is 0 Å². The molecule has 1 N–H and O–H groups in total. The van der Waals surface area contributed by atoms with Crippen molar-refractivity contribution < 1.29 is 50.8 Å². The fourth-order valence-electron chi connectivity index (χ4n) is 6.34. The third-order valence-electron chi connectivity index (χ3n) is 8.51. The molecule has 2 bridgehead atoms. The Balaban J connectivity index is 1.19. The molecule has 3 fully saturated rings. The summed E-state index contributed by atoms with van der Waals surface area (Å²) in [7, 11) is 0. The number of rotatable bonds is 7. The van der Waals surface area contributed by atoms with Crippen LogP contribution in [0.5, 0.6) is 17.4 Å². The third kappa shape index (κ3) is 4.15. The van der Waals surface area contributed by atoms with Crippen molar-refractivity contribution in [2.24, 2.45) is 11.3 Å². The van der Waals surface area contributed by atoms with Gasteiger partial charge in [-0.25, -0.2) is 4.68 Å². The van der Waals surface area contributed by atoms with Gasteiger partial charge < -0.3 is 24.1 Å². The minimum atomic E-state index is -4.73. The van der Waals surface area contributed by atoms with Crippen LogP contribution in [0.25, 0.3) is 5.69 Å². The van der Waals surface area contributed by atoms with E-state index in [1.807, 2.05) is 0 Å². The van der Waals surface area contributed by atoms with E-state index >= 15 is 0 Å². The quantitative estimate of drug-likeness (QED) is 0.359. The fourth-order valence-corrected chi connectivity index (χ4v) is 6.34. The second-order valence-corrected chi connectivity index (χ2v) is 11.1. The van der Waals surface area contributed by atoms with Crippen LogP contribution in [0.15, 0.2) is 30.5 Å². The second-order valence-electron chi connectivity index (χ2n) is 11.1. The van der Waals surface area contributed by atoms with Crippen molar-refractivity contribution in [3.05, 3.63) is 53.0 Å². The van der Waals surface area contributed by atoms with Gasteiger partial charge in [0.05, 0.1) is 29.1 Å².